The van der Waals surface area contributed by atoms with E-state index >= 15 is 0 Å². The monoisotopic (exact) mass is 290 g/mol. The first-order chi connectivity index (χ1) is 9.72. The topological polar surface area (TPSA) is 45.3 Å². The van der Waals surface area contributed by atoms with Crippen LogP contribution in [0.4, 0.5) is 0 Å². The summed E-state index contributed by atoms with van der Waals surface area (Å²) in [6, 6.07) is 10.9. The molecule has 0 bridgehead atoms. The molecular weight excluding hydrogens is 276 g/mol. The van der Waals surface area contributed by atoms with Crippen LogP contribution < -0.4 is 4.74 Å². The zero-order chi connectivity index (χ0) is 13.9. The summed E-state index contributed by atoms with van der Waals surface area (Å²) in [5, 5.41) is 0.653. The molecule has 0 spiro atoms. The van der Waals surface area contributed by atoms with Gasteiger partial charge in [0.2, 0.25) is 0 Å². The van der Waals surface area contributed by atoms with Gasteiger partial charge in [0.05, 0.1) is 6.54 Å². The van der Waals surface area contributed by atoms with Gasteiger partial charge in [-0.15, -0.1) is 0 Å². The van der Waals surface area contributed by atoms with Crippen molar-refractivity contribution in [1.82, 2.24) is 9.88 Å². The molecule has 1 amide bonds. The summed E-state index contributed by atoms with van der Waals surface area (Å²) in [4.78, 5) is 16.9. The predicted octanol–water partition coefficient (Wildman–Crippen LogP) is 2.96. The highest BCUT2D eigenvalue weighted by Crippen LogP contribution is 2.22. The minimum atomic E-state index is 0.0206. The van der Waals surface area contributed by atoms with Crippen molar-refractivity contribution >= 4 is 17.5 Å². The number of H-pyrrole nitrogens is 1. The van der Waals surface area contributed by atoms with Gasteiger partial charge in [-0.3, -0.25) is 4.79 Å². The van der Waals surface area contributed by atoms with Crippen molar-refractivity contribution in [3.8, 4) is 5.75 Å². The molecule has 1 aliphatic rings. The molecule has 1 aromatic carbocycles. The van der Waals surface area contributed by atoms with E-state index in [0.717, 1.165) is 12.2 Å². The molecule has 1 saturated heterocycles. The molecule has 5 heteroatoms. The Labute approximate surface area is 122 Å². The SMILES string of the molecule is O=C(c1ccc[nH]1)N1CCC(Oc2cccc(Cl)c2)C1. The number of nitrogens with zero attached hydrogens (tertiary/aromatic N) is 1. The number of hydrogen-bond donors (Lipinski definition) is 1. The average Bonchev–Trinajstić information content (AvgIpc) is 3.09. The van der Waals surface area contributed by atoms with Gasteiger partial charge in [-0.2, -0.15) is 0 Å². The summed E-state index contributed by atoms with van der Waals surface area (Å²) in [6.07, 6.45) is 2.61. The lowest BCUT2D eigenvalue weighted by atomic mass is 10.3. The molecule has 1 unspecified atom stereocenters. The van der Waals surface area contributed by atoms with Crippen LogP contribution in [-0.2, 0) is 0 Å². The number of aromatic amines is 1. The molecule has 1 aromatic heterocycles. The fourth-order valence-electron chi connectivity index (χ4n) is 2.38. The Morgan fingerprint density at radius 2 is 2.25 bits per heavy atom. The summed E-state index contributed by atoms with van der Waals surface area (Å²) in [6.45, 7) is 1.31. The second-order valence-corrected chi connectivity index (χ2v) is 5.26. The normalized spacial score (nSPS) is 18.2. The van der Waals surface area contributed by atoms with Crippen molar-refractivity contribution in [1.29, 1.82) is 0 Å². The molecule has 0 aliphatic carbocycles. The predicted molar refractivity (Wildman–Crippen MR) is 77.2 cm³/mol. The van der Waals surface area contributed by atoms with Gasteiger partial charge >= 0.3 is 0 Å². The summed E-state index contributed by atoms with van der Waals surface area (Å²) in [7, 11) is 0. The molecule has 4 nitrogen and oxygen atoms in total. The minimum absolute atomic E-state index is 0.0206. The third-order valence-corrected chi connectivity index (χ3v) is 3.59. The number of hydrogen-bond acceptors (Lipinski definition) is 2. The maximum atomic E-state index is 12.2. The molecule has 1 fully saturated rings. The second-order valence-electron chi connectivity index (χ2n) is 4.82. The zero-order valence-corrected chi connectivity index (χ0v) is 11.6. The lowest BCUT2D eigenvalue weighted by Gasteiger charge is -2.16. The minimum Gasteiger partial charge on any atom is -0.488 e. The second kappa shape index (κ2) is 5.59. The Morgan fingerprint density at radius 1 is 1.35 bits per heavy atom. The van der Waals surface area contributed by atoms with Crippen LogP contribution in [0.15, 0.2) is 42.6 Å². The number of aromatic nitrogens is 1. The van der Waals surface area contributed by atoms with E-state index < -0.39 is 0 Å². The van der Waals surface area contributed by atoms with Gasteiger partial charge in [-0.05, 0) is 30.3 Å². The van der Waals surface area contributed by atoms with Crippen LogP contribution in [0.2, 0.25) is 5.02 Å². The van der Waals surface area contributed by atoms with Crippen molar-refractivity contribution in [3.05, 3.63) is 53.3 Å². The fraction of sp³-hybridized carbons (Fsp3) is 0.267. The number of halogens is 1. The lowest BCUT2D eigenvalue weighted by molar-refractivity contribution is 0.0767. The van der Waals surface area contributed by atoms with Crippen LogP contribution in [0.25, 0.3) is 0 Å². The van der Waals surface area contributed by atoms with Crippen molar-refractivity contribution in [2.24, 2.45) is 0 Å². The van der Waals surface area contributed by atoms with Crippen LogP contribution in [0.3, 0.4) is 0 Å². The molecule has 1 aliphatic heterocycles. The molecule has 3 rings (SSSR count). The third kappa shape index (κ3) is 2.80. The van der Waals surface area contributed by atoms with E-state index in [1.54, 1.807) is 23.2 Å². The van der Waals surface area contributed by atoms with Crippen LogP contribution in [0.5, 0.6) is 5.75 Å². The van der Waals surface area contributed by atoms with Gasteiger partial charge in [0.1, 0.15) is 17.5 Å². The molecule has 0 saturated carbocycles. The fourth-order valence-corrected chi connectivity index (χ4v) is 2.56. The largest absolute Gasteiger partial charge is 0.488 e. The number of amides is 1. The first kappa shape index (κ1) is 13.1. The third-order valence-electron chi connectivity index (χ3n) is 3.36. The Balaban J connectivity index is 1.61. The van der Waals surface area contributed by atoms with E-state index in [-0.39, 0.29) is 12.0 Å². The van der Waals surface area contributed by atoms with E-state index in [1.807, 2.05) is 24.3 Å². The van der Waals surface area contributed by atoms with E-state index in [9.17, 15) is 4.79 Å². The Morgan fingerprint density at radius 3 is 3.00 bits per heavy atom. The van der Waals surface area contributed by atoms with Gasteiger partial charge < -0.3 is 14.6 Å². The van der Waals surface area contributed by atoms with Crippen molar-refractivity contribution in [2.75, 3.05) is 13.1 Å². The molecule has 20 heavy (non-hydrogen) atoms. The zero-order valence-electron chi connectivity index (χ0n) is 10.9. The van der Waals surface area contributed by atoms with Gasteiger partial charge in [0.15, 0.2) is 0 Å². The van der Waals surface area contributed by atoms with Gasteiger partial charge in [0, 0.05) is 24.2 Å². The van der Waals surface area contributed by atoms with E-state index in [1.165, 1.54) is 0 Å². The number of carbonyl (C=O) groups is 1. The summed E-state index contributed by atoms with van der Waals surface area (Å²) in [5.41, 5.74) is 0.619. The van der Waals surface area contributed by atoms with Crippen molar-refractivity contribution in [3.63, 3.8) is 0 Å². The Hall–Kier alpha value is -1.94. The van der Waals surface area contributed by atoms with Gasteiger partial charge in [-0.25, -0.2) is 0 Å². The number of nitrogens with one attached hydrogen (secondary N) is 1. The highest BCUT2D eigenvalue weighted by atomic mass is 35.5. The van der Waals surface area contributed by atoms with E-state index in [4.69, 9.17) is 16.3 Å². The van der Waals surface area contributed by atoms with Crippen LogP contribution in [0, 0.1) is 0 Å². The van der Waals surface area contributed by atoms with Gasteiger partial charge in [0.25, 0.3) is 5.91 Å². The van der Waals surface area contributed by atoms with Crippen molar-refractivity contribution in [2.45, 2.75) is 12.5 Å². The highest BCUT2D eigenvalue weighted by molar-refractivity contribution is 6.30. The van der Waals surface area contributed by atoms with Crippen LogP contribution >= 0.6 is 11.6 Å². The first-order valence-electron chi connectivity index (χ1n) is 6.57. The average molecular weight is 291 g/mol. The maximum absolute atomic E-state index is 12.2. The number of carbonyl (C=O) groups excluding carboxylic acids is 1. The molecule has 104 valence electrons. The highest BCUT2D eigenvalue weighted by Gasteiger charge is 2.28. The number of likely N-dealkylation sites (tertiary alicyclic amines) is 1. The molecule has 0 radical (unpaired) electrons. The molecule has 1 N–H and O–H groups in total. The lowest BCUT2D eigenvalue weighted by Crippen LogP contribution is -2.31. The quantitative estimate of drug-likeness (QED) is 0.944. The van der Waals surface area contributed by atoms with Crippen LogP contribution in [-0.4, -0.2) is 35.0 Å². The molecule has 2 heterocycles. The van der Waals surface area contributed by atoms with Crippen LogP contribution in [0.1, 0.15) is 16.9 Å². The maximum Gasteiger partial charge on any atom is 0.270 e. The Kier molecular flexibility index (Phi) is 3.65. The van der Waals surface area contributed by atoms with Crippen molar-refractivity contribution < 1.29 is 9.53 Å². The first-order valence-corrected chi connectivity index (χ1v) is 6.95. The molecular formula is C15H15ClN2O2. The molecule has 1 atom stereocenters. The van der Waals surface area contributed by atoms with E-state index in [2.05, 4.69) is 4.98 Å². The van der Waals surface area contributed by atoms with Gasteiger partial charge in [-0.1, -0.05) is 17.7 Å². The molecule has 2 aromatic rings. The van der Waals surface area contributed by atoms with E-state index in [0.29, 0.717) is 23.8 Å². The summed E-state index contributed by atoms with van der Waals surface area (Å²) >= 11 is 5.93. The summed E-state index contributed by atoms with van der Waals surface area (Å²) < 4.78 is 5.87. The number of benzene rings is 1. The summed E-state index contributed by atoms with van der Waals surface area (Å²) in [5.74, 6) is 0.767. The smallest absolute Gasteiger partial charge is 0.270 e. The number of rotatable bonds is 3. The number of ether oxygens (including phenoxy) is 1. The standard InChI is InChI=1S/C15H15ClN2O2/c16-11-3-1-4-12(9-11)20-13-6-8-18(10-13)15(19)14-5-2-7-17-14/h1-5,7,9,13,17H,6,8,10H2. The Bertz CT molecular complexity index is 598.